The number of para-hydroxylation sites is 2. The molecule has 1 N–H and O–H groups in total. The van der Waals surface area contributed by atoms with Gasteiger partial charge < -0.3 is 19.0 Å². The van der Waals surface area contributed by atoms with E-state index in [0.717, 1.165) is 37.2 Å². The van der Waals surface area contributed by atoms with Gasteiger partial charge in [-0.1, -0.05) is 17.3 Å². The van der Waals surface area contributed by atoms with Gasteiger partial charge in [0.25, 0.3) is 6.01 Å². The lowest BCUT2D eigenvalue weighted by molar-refractivity contribution is 0.0568. The van der Waals surface area contributed by atoms with Gasteiger partial charge in [-0.2, -0.15) is 9.97 Å². The van der Waals surface area contributed by atoms with E-state index in [1.165, 1.54) is 0 Å². The predicted molar refractivity (Wildman–Crippen MR) is 83.0 cm³/mol. The number of hydrogen-bond donors (Lipinski definition) is 1. The molecular weight excluding hydrogens is 296 g/mol. The van der Waals surface area contributed by atoms with Gasteiger partial charge in [-0.15, -0.1) is 0 Å². The molecule has 0 spiro atoms. The molecule has 1 aromatic carbocycles. The molecule has 0 bridgehead atoms. The second-order valence-electron chi connectivity index (χ2n) is 5.74. The molecule has 3 aromatic rings. The maximum absolute atomic E-state index is 5.77. The van der Waals surface area contributed by atoms with Crippen molar-refractivity contribution < 1.29 is 13.7 Å². The maximum atomic E-state index is 5.77. The van der Waals surface area contributed by atoms with Crippen LogP contribution in [0.2, 0.25) is 0 Å². The number of anilines is 1. The summed E-state index contributed by atoms with van der Waals surface area (Å²) >= 11 is 0. The van der Waals surface area contributed by atoms with Crippen molar-refractivity contribution in [2.24, 2.45) is 5.92 Å². The number of ether oxygens (including phenoxy) is 1. The number of nitrogens with one attached hydrogen (secondary N) is 1. The molecule has 7 heteroatoms. The van der Waals surface area contributed by atoms with E-state index in [-0.39, 0.29) is 6.04 Å². The number of benzene rings is 1. The minimum absolute atomic E-state index is 0.131. The third kappa shape index (κ3) is 2.92. The highest BCUT2D eigenvalue weighted by Gasteiger charge is 2.31. The minimum atomic E-state index is -0.131. The van der Waals surface area contributed by atoms with Gasteiger partial charge in [-0.3, -0.25) is 0 Å². The van der Waals surface area contributed by atoms with Crippen LogP contribution in [0.25, 0.3) is 11.1 Å². The molecule has 1 saturated heterocycles. The summed E-state index contributed by atoms with van der Waals surface area (Å²) in [5.74, 6) is 1.52. The van der Waals surface area contributed by atoms with E-state index in [1.54, 1.807) is 0 Å². The lowest BCUT2D eigenvalue weighted by Crippen LogP contribution is -2.27. The van der Waals surface area contributed by atoms with E-state index < -0.39 is 0 Å². The van der Waals surface area contributed by atoms with Crippen LogP contribution < -0.4 is 5.32 Å². The van der Waals surface area contributed by atoms with Gasteiger partial charge >= 0.3 is 0 Å². The summed E-state index contributed by atoms with van der Waals surface area (Å²) in [7, 11) is 0. The Morgan fingerprint density at radius 1 is 1.17 bits per heavy atom. The molecule has 1 fully saturated rings. The molecule has 2 aromatic heterocycles. The summed E-state index contributed by atoms with van der Waals surface area (Å²) < 4.78 is 16.6. The van der Waals surface area contributed by atoms with Gasteiger partial charge in [0.15, 0.2) is 11.4 Å². The lowest BCUT2D eigenvalue weighted by atomic mass is 9.91. The van der Waals surface area contributed by atoms with Crippen molar-refractivity contribution in [2.45, 2.75) is 25.8 Å². The van der Waals surface area contributed by atoms with Crippen LogP contribution in [0.3, 0.4) is 0 Å². The smallest absolute Gasteiger partial charge is 0.296 e. The summed E-state index contributed by atoms with van der Waals surface area (Å²) in [4.78, 5) is 8.87. The van der Waals surface area contributed by atoms with Gasteiger partial charge in [-0.05, 0) is 37.8 Å². The Morgan fingerprint density at radius 3 is 2.74 bits per heavy atom. The highest BCUT2D eigenvalue weighted by molar-refractivity contribution is 5.74. The summed E-state index contributed by atoms with van der Waals surface area (Å²) in [6, 6.07) is 8.02. The van der Waals surface area contributed by atoms with Crippen LogP contribution in [0.1, 0.15) is 30.6 Å². The van der Waals surface area contributed by atoms with Crippen molar-refractivity contribution in [1.82, 2.24) is 15.1 Å². The number of nitrogens with zero attached hydrogens (tertiary/aromatic N) is 3. The van der Waals surface area contributed by atoms with Crippen molar-refractivity contribution in [3.05, 3.63) is 36.0 Å². The van der Waals surface area contributed by atoms with Gasteiger partial charge in [0, 0.05) is 13.2 Å². The molecule has 23 heavy (non-hydrogen) atoms. The first-order valence-corrected chi connectivity index (χ1v) is 7.79. The Kier molecular flexibility index (Phi) is 3.70. The van der Waals surface area contributed by atoms with E-state index >= 15 is 0 Å². The Labute approximate surface area is 133 Å². The van der Waals surface area contributed by atoms with Crippen LogP contribution in [-0.2, 0) is 4.74 Å². The molecule has 0 saturated carbocycles. The molecule has 3 heterocycles. The Bertz CT molecular complexity index is 758. The molecule has 1 aliphatic rings. The fourth-order valence-electron chi connectivity index (χ4n) is 2.94. The first kappa shape index (κ1) is 14.2. The van der Waals surface area contributed by atoms with E-state index in [1.807, 2.05) is 31.2 Å². The van der Waals surface area contributed by atoms with Gasteiger partial charge in [0.1, 0.15) is 11.6 Å². The molecule has 0 unspecified atom stereocenters. The summed E-state index contributed by atoms with van der Waals surface area (Å²) in [6.07, 6.45) is 1.86. The van der Waals surface area contributed by atoms with Crippen LogP contribution in [-0.4, -0.2) is 28.3 Å². The van der Waals surface area contributed by atoms with Gasteiger partial charge in [0.2, 0.25) is 5.89 Å². The Balaban J connectivity index is 1.63. The lowest BCUT2D eigenvalue weighted by Gasteiger charge is -2.27. The van der Waals surface area contributed by atoms with E-state index in [4.69, 9.17) is 13.7 Å². The largest absolute Gasteiger partial charge is 0.424 e. The normalized spacial score (nSPS) is 17.4. The van der Waals surface area contributed by atoms with Crippen LogP contribution in [0.4, 0.5) is 6.01 Å². The number of rotatable bonds is 4. The highest BCUT2D eigenvalue weighted by Crippen LogP contribution is 2.33. The first-order chi connectivity index (χ1) is 11.3. The zero-order valence-corrected chi connectivity index (χ0v) is 12.9. The van der Waals surface area contributed by atoms with Crippen LogP contribution in [0.5, 0.6) is 0 Å². The SMILES string of the molecule is Cc1noc([C@H](Nc2nc3ccccc3o2)C2CCOCC2)n1. The quantitative estimate of drug-likeness (QED) is 0.791. The minimum Gasteiger partial charge on any atom is -0.424 e. The Morgan fingerprint density at radius 2 is 2.00 bits per heavy atom. The zero-order valence-electron chi connectivity index (χ0n) is 12.9. The molecular formula is C16H18N4O3. The fraction of sp³-hybridized carbons (Fsp3) is 0.438. The van der Waals surface area contributed by atoms with E-state index in [2.05, 4.69) is 20.4 Å². The average Bonchev–Trinajstić information content (AvgIpc) is 3.19. The monoisotopic (exact) mass is 314 g/mol. The Hall–Kier alpha value is -2.41. The summed E-state index contributed by atoms with van der Waals surface area (Å²) in [6.45, 7) is 3.29. The molecule has 0 amide bonds. The topological polar surface area (TPSA) is 86.2 Å². The van der Waals surface area contributed by atoms with Crippen LogP contribution in [0.15, 0.2) is 33.2 Å². The second kappa shape index (κ2) is 6.00. The molecule has 1 aliphatic heterocycles. The van der Waals surface area contributed by atoms with Crippen molar-refractivity contribution >= 4 is 17.1 Å². The fourth-order valence-corrected chi connectivity index (χ4v) is 2.94. The van der Waals surface area contributed by atoms with Crippen molar-refractivity contribution in [3.63, 3.8) is 0 Å². The van der Waals surface area contributed by atoms with Gasteiger partial charge in [0.05, 0.1) is 0 Å². The number of oxazole rings is 1. The highest BCUT2D eigenvalue weighted by atomic mass is 16.5. The van der Waals surface area contributed by atoms with Crippen molar-refractivity contribution in [2.75, 3.05) is 18.5 Å². The molecule has 0 aliphatic carbocycles. The number of hydrogen-bond acceptors (Lipinski definition) is 7. The molecule has 120 valence electrons. The number of aryl methyl sites for hydroxylation is 1. The summed E-state index contributed by atoms with van der Waals surface area (Å²) in [5.41, 5.74) is 1.57. The van der Waals surface area contributed by atoms with Crippen LogP contribution >= 0.6 is 0 Å². The third-order valence-corrected chi connectivity index (χ3v) is 4.12. The van der Waals surface area contributed by atoms with Gasteiger partial charge in [-0.25, -0.2) is 0 Å². The van der Waals surface area contributed by atoms with Crippen molar-refractivity contribution in [3.8, 4) is 0 Å². The number of fused-ring (bicyclic) bond motifs is 1. The standard InChI is InChI=1S/C16H18N4O3/c1-10-17-15(23-20-10)14(11-6-8-21-9-7-11)19-16-18-12-4-2-3-5-13(12)22-16/h2-5,11,14H,6-9H2,1H3,(H,18,19)/t14-/m1/s1. The van der Waals surface area contributed by atoms with Crippen molar-refractivity contribution in [1.29, 1.82) is 0 Å². The van der Waals surface area contributed by atoms with E-state index in [0.29, 0.717) is 23.6 Å². The van der Waals surface area contributed by atoms with E-state index in [9.17, 15) is 0 Å². The first-order valence-electron chi connectivity index (χ1n) is 7.79. The molecule has 1 atom stereocenters. The summed E-state index contributed by atoms with van der Waals surface area (Å²) in [5, 5.41) is 7.25. The predicted octanol–water partition coefficient (Wildman–Crippen LogP) is 3.10. The maximum Gasteiger partial charge on any atom is 0.296 e. The third-order valence-electron chi connectivity index (χ3n) is 4.12. The average molecular weight is 314 g/mol. The second-order valence-corrected chi connectivity index (χ2v) is 5.74. The molecule has 7 nitrogen and oxygen atoms in total. The molecule has 0 radical (unpaired) electrons. The van der Waals surface area contributed by atoms with Crippen LogP contribution in [0, 0.1) is 12.8 Å². The zero-order chi connectivity index (χ0) is 15.6. The molecule has 4 rings (SSSR count). The number of aromatic nitrogens is 3.